The minimum Gasteiger partial charge on any atom is -0.312 e. The number of rotatable bonds is 3. The van der Waals surface area contributed by atoms with Gasteiger partial charge in [-0.2, -0.15) is 0 Å². The lowest BCUT2D eigenvalue weighted by atomic mass is 9.94. The van der Waals surface area contributed by atoms with E-state index in [1.807, 2.05) is 0 Å². The van der Waals surface area contributed by atoms with Gasteiger partial charge in [-0.25, -0.2) is 0 Å². The fourth-order valence-corrected chi connectivity index (χ4v) is 2.12. The van der Waals surface area contributed by atoms with Crippen LogP contribution in [0.5, 0.6) is 0 Å². The Bertz CT molecular complexity index is 488. The number of hydrogen-bond donors (Lipinski definition) is 0. The molecule has 0 N–H and O–H groups in total. The molecule has 16 heavy (non-hydrogen) atoms. The third-order valence-corrected chi connectivity index (χ3v) is 2.88. The fourth-order valence-electron chi connectivity index (χ4n) is 2.12. The molecule has 1 aromatic rings. The SMILES string of the molecule is O=CCCn1c2c(ccc1=O)C(=O)CCC2. The molecule has 1 aliphatic carbocycles. The van der Waals surface area contributed by atoms with Crippen LogP contribution in [-0.4, -0.2) is 16.6 Å². The van der Waals surface area contributed by atoms with Gasteiger partial charge in [-0.1, -0.05) is 0 Å². The second-order valence-electron chi connectivity index (χ2n) is 3.92. The maximum atomic E-state index is 11.6. The lowest BCUT2D eigenvalue weighted by Gasteiger charge is -2.19. The third-order valence-electron chi connectivity index (χ3n) is 2.88. The monoisotopic (exact) mass is 219 g/mol. The van der Waals surface area contributed by atoms with Crippen molar-refractivity contribution in [3.63, 3.8) is 0 Å². The van der Waals surface area contributed by atoms with E-state index in [0.717, 1.165) is 24.8 Å². The second-order valence-corrected chi connectivity index (χ2v) is 3.92. The van der Waals surface area contributed by atoms with Crippen molar-refractivity contribution in [2.75, 3.05) is 0 Å². The maximum Gasteiger partial charge on any atom is 0.250 e. The van der Waals surface area contributed by atoms with Gasteiger partial charge >= 0.3 is 0 Å². The minimum atomic E-state index is -0.129. The summed E-state index contributed by atoms with van der Waals surface area (Å²) < 4.78 is 1.56. The van der Waals surface area contributed by atoms with E-state index >= 15 is 0 Å². The van der Waals surface area contributed by atoms with E-state index in [1.165, 1.54) is 6.07 Å². The predicted molar refractivity (Wildman–Crippen MR) is 58.7 cm³/mol. The van der Waals surface area contributed by atoms with E-state index in [4.69, 9.17) is 0 Å². The van der Waals surface area contributed by atoms with Gasteiger partial charge in [0.1, 0.15) is 6.29 Å². The zero-order valence-electron chi connectivity index (χ0n) is 8.94. The highest BCUT2D eigenvalue weighted by Crippen LogP contribution is 2.19. The summed E-state index contributed by atoms with van der Waals surface area (Å²) >= 11 is 0. The van der Waals surface area contributed by atoms with Crippen LogP contribution in [0.15, 0.2) is 16.9 Å². The summed E-state index contributed by atoms with van der Waals surface area (Å²) in [5.41, 5.74) is 1.32. The Kier molecular flexibility index (Phi) is 2.99. The molecule has 4 heteroatoms. The Morgan fingerprint density at radius 3 is 2.81 bits per heavy atom. The number of ketones is 1. The molecule has 1 heterocycles. The first-order valence-electron chi connectivity index (χ1n) is 5.43. The number of fused-ring (bicyclic) bond motifs is 1. The number of pyridine rings is 1. The maximum absolute atomic E-state index is 11.6. The summed E-state index contributed by atoms with van der Waals surface area (Å²) in [5, 5.41) is 0. The van der Waals surface area contributed by atoms with Gasteiger partial charge in [-0.15, -0.1) is 0 Å². The molecule has 0 aromatic carbocycles. The molecule has 1 aliphatic rings. The van der Waals surface area contributed by atoms with Crippen LogP contribution >= 0.6 is 0 Å². The highest BCUT2D eigenvalue weighted by atomic mass is 16.1. The van der Waals surface area contributed by atoms with Crippen molar-refractivity contribution in [3.05, 3.63) is 33.7 Å². The molecule has 1 aromatic heterocycles. The van der Waals surface area contributed by atoms with E-state index in [0.29, 0.717) is 24.9 Å². The fraction of sp³-hybridized carbons (Fsp3) is 0.417. The van der Waals surface area contributed by atoms with E-state index in [1.54, 1.807) is 10.6 Å². The number of aromatic nitrogens is 1. The molecular weight excluding hydrogens is 206 g/mol. The molecule has 2 rings (SSSR count). The Hall–Kier alpha value is -1.71. The molecule has 4 nitrogen and oxygen atoms in total. The van der Waals surface area contributed by atoms with Crippen LogP contribution in [0.2, 0.25) is 0 Å². The normalized spacial score (nSPS) is 14.6. The quantitative estimate of drug-likeness (QED) is 0.711. The second kappa shape index (κ2) is 4.43. The number of carbonyl (C=O) groups is 2. The third kappa shape index (κ3) is 1.83. The van der Waals surface area contributed by atoms with Gasteiger partial charge in [0.05, 0.1) is 0 Å². The lowest BCUT2D eigenvalue weighted by Crippen LogP contribution is -2.28. The van der Waals surface area contributed by atoms with Gasteiger partial charge in [0.2, 0.25) is 0 Å². The Morgan fingerprint density at radius 2 is 2.06 bits per heavy atom. The summed E-state index contributed by atoms with van der Waals surface area (Å²) in [4.78, 5) is 33.6. The summed E-state index contributed by atoms with van der Waals surface area (Å²) in [7, 11) is 0. The van der Waals surface area contributed by atoms with Gasteiger partial charge in [-0.3, -0.25) is 9.59 Å². The van der Waals surface area contributed by atoms with Crippen molar-refractivity contribution in [1.82, 2.24) is 4.57 Å². The van der Waals surface area contributed by atoms with Crippen molar-refractivity contribution < 1.29 is 9.59 Å². The topological polar surface area (TPSA) is 56.1 Å². The van der Waals surface area contributed by atoms with Gasteiger partial charge in [0.15, 0.2) is 5.78 Å². The number of Topliss-reactive ketones (excluding diaryl/α,β-unsaturated/α-hetero) is 1. The summed E-state index contributed by atoms with van der Waals surface area (Å²) in [6.07, 6.45) is 3.19. The first-order valence-corrected chi connectivity index (χ1v) is 5.43. The summed E-state index contributed by atoms with van der Waals surface area (Å²) in [6, 6.07) is 3.02. The average Bonchev–Trinajstić information content (AvgIpc) is 2.28. The van der Waals surface area contributed by atoms with Crippen molar-refractivity contribution in [2.24, 2.45) is 0 Å². The van der Waals surface area contributed by atoms with Crippen LogP contribution in [0.4, 0.5) is 0 Å². The van der Waals surface area contributed by atoms with Crippen LogP contribution in [0.3, 0.4) is 0 Å². The molecule has 0 bridgehead atoms. The first-order chi connectivity index (χ1) is 7.74. The Labute approximate surface area is 92.9 Å². The van der Waals surface area contributed by atoms with Gasteiger partial charge in [0, 0.05) is 36.7 Å². The number of carbonyl (C=O) groups excluding carboxylic acids is 2. The van der Waals surface area contributed by atoms with E-state index in [9.17, 15) is 14.4 Å². The molecule has 0 amide bonds. The molecule has 0 atom stereocenters. The molecule has 84 valence electrons. The Morgan fingerprint density at radius 1 is 1.25 bits per heavy atom. The standard InChI is InChI=1S/C12H13NO3/c14-8-2-7-13-10-3-1-4-11(15)9(10)5-6-12(13)16/h5-6,8H,1-4,7H2. The molecule has 0 saturated carbocycles. The lowest BCUT2D eigenvalue weighted by molar-refractivity contribution is -0.108. The van der Waals surface area contributed by atoms with Crippen molar-refractivity contribution in [2.45, 2.75) is 32.2 Å². The molecule has 0 spiro atoms. The first kappa shape index (κ1) is 10.8. The molecule has 0 saturated heterocycles. The Balaban J connectivity index is 2.49. The van der Waals surface area contributed by atoms with Crippen LogP contribution < -0.4 is 5.56 Å². The number of hydrogen-bond acceptors (Lipinski definition) is 3. The minimum absolute atomic E-state index is 0.0982. The van der Waals surface area contributed by atoms with Crippen LogP contribution in [0.1, 0.15) is 35.3 Å². The summed E-state index contributed by atoms with van der Waals surface area (Å²) in [6.45, 7) is 0.374. The van der Waals surface area contributed by atoms with Crippen molar-refractivity contribution in [3.8, 4) is 0 Å². The van der Waals surface area contributed by atoms with E-state index < -0.39 is 0 Å². The molecule has 0 radical (unpaired) electrons. The zero-order chi connectivity index (χ0) is 11.5. The van der Waals surface area contributed by atoms with Crippen molar-refractivity contribution >= 4 is 12.1 Å². The highest BCUT2D eigenvalue weighted by molar-refractivity contribution is 5.97. The van der Waals surface area contributed by atoms with Crippen LogP contribution in [0, 0.1) is 0 Å². The van der Waals surface area contributed by atoms with Crippen LogP contribution in [0.25, 0.3) is 0 Å². The highest BCUT2D eigenvalue weighted by Gasteiger charge is 2.20. The van der Waals surface area contributed by atoms with Gasteiger partial charge in [-0.05, 0) is 18.9 Å². The zero-order valence-corrected chi connectivity index (χ0v) is 8.94. The predicted octanol–water partition coefficient (Wildman–Crippen LogP) is 0.956. The molecule has 0 unspecified atom stereocenters. The average molecular weight is 219 g/mol. The number of nitrogens with zero attached hydrogens (tertiary/aromatic N) is 1. The smallest absolute Gasteiger partial charge is 0.250 e. The molecular formula is C12H13NO3. The van der Waals surface area contributed by atoms with Crippen LogP contribution in [-0.2, 0) is 17.8 Å². The van der Waals surface area contributed by atoms with Gasteiger partial charge < -0.3 is 9.36 Å². The van der Waals surface area contributed by atoms with E-state index in [2.05, 4.69) is 0 Å². The van der Waals surface area contributed by atoms with Gasteiger partial charge in [0.25, 0.3) is 5.56 Å². The summed E-state index contributed by atoms with van der Waals surface area (Å²) in [5.74, 6) is 0.0982. The largest absolute Gasteiger partial charge is 0.312 e. The van der Waals surface area contributed by atoms with Crippen molar-refractivity contribution in [1.29, 1.82) is 0 Å². The molecule has 0 fully saturated rings. The van der Waals surface area contributed by atoms with E-state index in [-0.39, 0.29) is 11.3 Å². The number of aldehydes is 1. The molecule has 0 aliphatic heterocycles.